The van der Waals surface area contributed by atoms with Crippen molar-refractivity contribution in [1.29, 1.82) is 0 Å². The van der Waals surface area contributed by atoms with Crippen LogP contribution in [-0.2, 0) is 21.1 Å². The van der Waals surface area contributed by atoms with Crippen molar-refractivity contribution in [3.63, 3.8) is 0 Å². The van der Waals surface area contributed by atoms with Crippen LogP contribution in [0.15, 0.2) is 18.3 Å². The van der Waals surface area contributed by atoms with Crippen molar-refractivity contribution in [3.8, 4) is 0 Å². The summed E-state index contributed by atoms with van der Waals surface area (Å²) in [6.07, 6.45) is 4.57. The summed E-state index contributed by atoms with van der Waals surface area (Å²) in [5.41, 5.74) is 1.30. The largest absolute Gasteiger partial charge is 0.394 e. The van der Waals surface area contributed by atoms with Crippen LogP contribution in [0.25, 0.3) is 0 Å². The first-order valence-electron chi connectivity index (χ1n) is 3.12. The Hall–Kier alpha value is -0.162. The molecule has 0 spiro atoms. The Bertz CT molecular complexity index is 172. The van der Waals surface area contributed by atoms with E-state index < -0.39 is 0 Å². The number of nitrogens with zero attached hydrogens (tertiary/aromatic N) is 1. The van der Waals surface area contributed by atoms with Gasteiger partial charge in [0.1, 0.15) is 0 Å². The smallest absolute Gasteiger partial charge is 0 e. The molecule has 0 unspecified atom stereocenters. The summed E-state index contributed by atoms with van der Waals surface area (Å²) in [4.78, 5) is 3.80. The first kappa shape index (κ1) is 9.84. The molecule has 1 aromatic heterocycles. The van der Waals surface area contributed by atoms with Crippen LogP contribution in [0.1, 0.15) is 25.3 Å². The first-order valence-corrected chi connectivity index (χ1v) is 3.12. The molecule has 1 aromatic rings. The molecule has 0 radical (unpaired) electrons. The third kappa shape index (κ3) is 2.62. The van der Waals surface area contributed by atoms with Gasteiger partial charge >= 0.3 is 0 Å². The fraction of sp³-hybridized carbons (Fsp3) is 0.375. The van der Waals surface area contributed by atoms with Gasteiger partial charge in [-0.2, -0.15) is 17.7 Å². The number of pyridine rings is 1. The van der Waals surface area contributed by atoms with Gasteiger partial charge in [-0.25, -0.2) is 0 Å². The summed E-state index contributed by atoms with van der Waals surface area (Å²) in [6, 6.07) is 3.94. The minimum Gasteiger partial charge on any atom is -0.394 e. The molecule has 54 valence electrons. The topological polar surface area (TPSA) is 12.9 Å². The molecule has 10 heavy (non-hydrogen) atoms. The van der Waals surface area contributed by atoms with E-state index in [9.17, 15) is 0 Å². The molecule has 0 bridgehead atoms. The summed E-state index contributed by atoms with van der Waals surface area (Å²) in [6.45, 7) is 4.31. The zero-order valence-corrected chi connectivity index (χ0v) is 9.10. The van der Waals surface area contributed by atoms with Gasteiger partial charge in [0.15, 0.2) is 0 Å². The van der Waals surface area contributed by atoms with Crippen LogP contribution in [0.5, 0.6) is 0 Å². The van der Waals surface area contributed by atoms with E-state index in [2.05, 4.69) is 25.0 Å². The Balaban J connectivity index is 0.000000810. The predicted molar refractivity (Wildman–Crippen MR) is 37.2 cm³/mol. The molecule has 0 aliphatic carbocycles. The number of rotatable bonds is 1. The summed E-state index contributed by atoms with van der Waals surface area (Å²) in [7, 11) is 0. The van der Waals surface area contributed by atoms with Crippen LogP contribution >= 0.6 is 0 Å². The number of hydrogen-bond acceptors (Lipinski definition) is 1. The zero-order valence-electron chi connectivity index (χ0n) is 6.16. The van der Waals surface area contributed by atoms with Gasteiger partial charge in [-0.05, 0) is 0 Å². The van der Waals surface area contributed by atoms with E-state index in [0.717, 1.165) is 0 Å². The Morgan fingerprint density at radius 2 is 2.20 bits per heavy atom. The van der Waals surface area contributed by atoms with E-state index in [1.165, 1.54) is 5.56 Å². The normalized spacial score (nSPS) is 9.10. The molecule has 0 atom stereocenters. The van der Waals surface area contributed by atoms with Crippen molar-refractivity contribution >= 4 is 0 Å². The second-order valence-electron chi connectivity index (χ2n) is 2.37. The van der Waals surface area contributed by atoms with E-state index >= 15 is 0 Å². The van der Waals surface area contributed by atoms with E-state index in [1.807, 2.05) is 12.1 Å². The third-order valence-electron chi connectivity index (χ3n) is 1.31. The molecular formula is C8H10NW-. The summed E-state index contributed by atoms with van der Waals surface area (Å²) < 4.78 is 0. The van der Waals surface area contributed by atoms with Crippen molar-refractivity contribution in [2.24, 2.45) is 0 Å². The van der Waals surface area contributed by atoms with Crippen LogP contribution in [0.2, 0.25) is 0 Å². The molecule has 1 nitrogen and oxygen atoms in total. The zero-order chi connectivity index (χ0) is 6.69. The Morgan fingerprint density at radius 1 is 1.50 bits per heavy atom. The fourth-order valence-electron chi connectivity index (χ4n) is 0.685. The number of aromatic nitrogens is 1. The van der Waals surface area contributed by atoms with Crippen LogP contribution < -0.4 is 0 Å². The van der Waals surface area contributed by atoms with Crippen LogP contribution in [0, 0.1) is 6.20 Å². The van der Waals surface area contributed by atoms with Crippen molar-refractivity contribution in [2.75, 3.05) is 0 Å². The van der Waals surface area contributed by atoms with Gasteiger partial charge in [-0.15, -0.1) is 0 Å². The maximum absolute atomic E-state index is 3.80. The summed E-state index contributed by atoms with van der Waals surface area (Å²) in [5, 5.41) is 0. The summed E-state index contributed by atoms with van der Waals surface area (Å²) in [5.74, 6) is 0.587. The van der Waals surface area contributed by atoms with Gasteiger partial charge in [-0.1, -0.05) is 32.2 Å². The van der Waals surface area contributed by atoms with Crippen molar-refractivity contribution in [1.82, 2.24) is 4.98 Å². The predicted octanol–water partition coefficient (Wildman–Crippen LogP) is 2.00. The first-order chi connectivity index (χ1) is 4.30. The molecule has 0 saturated carbocycles. The second-order valence-corrected chi connectivity index (χ2v) is 2.37. The monoisotopic (exact) mass is 304 g/mol. The molecule has 0 fully saturated rings. The van der Waals surface area contributed by atoms with E-state index in [4.69, 9.17) is 0 Å². The molecule has 0 aromatic carbocycles. The van der Waals surface area contributed by atoms with Crippen LogP contribution in [0.4, 0.5) is 0 Å². The molecule has 1 heterocycles. The molecular weight excluding hydrogens is 294 g/mol. The summed E-state index contributed by atoms with van der Waals surface area (Å²) >= 11 is 0. The molecule has 1 rings (SSSR count). The van der Waals surface area contributed by atoms with Gasteiger partial charge < -0.3 is 4.98 Å². The third-order valence-corrected chi connectivity index (χ3v) is 1.31. The standard InChI is InChI=1S/C8H10N.W/c1-7(2)8-3-5-9-6-4-8;/h3-5,7H,1-2H3;/q-1;. The van der Waals surface area contributed by atoms with E-state index in [-0.39, 0.29) is 21.1 Å². The molecule has 0 aliphatic heterocycles. The molecule has 2 heteroatoms. The van der Waals surface area contributed by atoms with Gasteiger partial charge in [0.2, 0.25) is 0 Å². The maximum Gasteiger partial charge on any atom is 0 e. The number of hydrogen-bond donors (Lipinski definition) is 0. The minimum absolute atomic E-state index is 0. The van der Waals surface area contributed by atoms with Crippen LogP contribution in [-0.4, -0.2) is 4.98 Å². The Kier molecular flexibility index (Phi) is 4.55. The molecule has 0 aliphatic rings. The van der Waals surface area contributed by atoms with Gasteiger partial charge in [0.25, 0.3) is 0 Å². The quantitative estimate of drug-likeness (QED) is 0.723. The van der Waals surface area contributed by atoms with E-state index in [0.29, 0.717) is 5.92 Å². The van der Waals surface area contributed by atoms with Crippen LogP contribution in [0.3, 0.4) is 0 Å². The van der Waals surface area contributed by atoms with Crippen molar-refractivity contribution in [2.45, 2.75) is 19.8 Å². The van der Waals surface area contributed by atoms with E-state index in [1.54, 1.807) is 6.20 Å². The molecule has 0 N–H and O–H groups in total. The second kappa shape index (κ2) is 4.62. The maximum atomic E-state index is 3.80. The van der Waals surface area contributed by atoms with Gasteiger partial charge in [0.05, 0.1) is 0 Å². The van der Waals surface area contributed by atoms with Crippen molar-refractivity contribution < 1.29 is 21.1 Å². The SMILES string of the molecule is CC(C)c1c[c-]ncc1.[W]. The Labute approximate surface area is 76.1 Å². The average molecular weight is 304 g/mol. The molecule has 0 saturated heterocycles. The molecule has 0 amide bonds. The minimum atomic E-state index is 0. The fourth-order valence-corrected chi connectivity index (χ4v) is 0.685. The average Bonchev–Trinajstić information content (AvgIpc) is 1.90. The van der Waals surface area contributed by atoms with Gasteiger partial charge in [-0.3, -0.25) is 0 Å². The Morgan fingerprint density at radius 3 is 2.50 bits per heavy atom. The van der Waals surface area contributed by atoms with Crippen molar-refractivity contribution in [3.05, 3.63) is 30.1 Å². The van der Waals surface area contributed by atoms with Gasteiger partial charge in [0, 0.05) is 21.1 Å².